The molecule has 11 nitrogen and oxygen atoms in total. The van der Waals surface area contributed by atoms with Crippen LogP contribution in [0.25, 0.3) is 17.1 Å². The van der Waals surface area contributed by atoms with E-state index in [4.69, 9.17) is 4.74 Å². The number of aliphatic imine (C=N–C) groups is 1. The molecule has 1 saturated heterocycles. The first-order chi connectivity index (χ1) is 24.0. The molecule has 5 rings (SSSR count). The number of amides is 3. The van der Waals surface area contributed by atoms with Gasteiger partial charge in [-0.05, 0) is 72.1 Å². The van der Waals surface area contributed by atoms with Gasteiger partial charge < -0.3 is 19.7 Å². The number of carbonyl (C=O) groups excluding carboxylic acids is 2. The van der Waals surface area contributed by atoms with Gasteiger partial charge in [-0.25, -0.2) is 14.5 Å². The van der Waals surface area contributed by atoms with Crippen molar-refractivity contribution < 1.29 is 45.4 Å². The number of alkyl halides is 6. The highest BCUT2D eigenvalue weighted by molar-refractivity contribution is 8.15. The number of amidine groups is 1. The van der Waals surface area contributed by atoms with Crippen LogP contribution in [-0.2, 0) is 4.79 Å². The predicted molar refractivity (Wildman–Crippen MR) is 181 cm³/mol. The second-order valence-corrected chi connectivity index (χ2v) is 12.6. The third kappa shape index (κ3) is 9.50. The van der Waals surface area contributed by atoms with E-state index in [1.807, 2.05) is 13.8 Å². The lowest BCUT2D eigenvalue weighted by atomic mass is 9.98. The first-order valence-corrected chi connectivity index (χ1v) is 16.2. The molecule has 1 aliphatic rings. The smallest absolute Gasteiger partial charge is 0.491 e. The molecule has 0 spiro atoms. The summed E-state index contributed by atoms with van der Waals surface area (Å²) in [4.78, 5) is 37.7. The maximum Gasteiger partial charge on any atom is 0.573 e. The number of hydrogen-bond donors (Lipinski definition) is 1. The fraction of sp³-hybridized carbons (Fsp3) is 0.303. The number of benzene rings is 3. The van der Waals surface area contributed by atoms with Gasteiger partial charge in [-0.2, -0.15) is 18.2 Å². The monoisotopic (exact) mass is 735 g/mol. The number of nitrogens with one attached hydrogen (secondary N) is 1. The molecular weight excluding hydrogens is 704 g/mol. The van der Waals surface area contributed by atoms with Crippen molar-refractivity contribution in [2.75, 3.05) is 41.6 Å². The number of ether oxygens (including phenoxy) is 2. The van der Waals surface area contributed by atoms with Crippen molar-refractivity contribution in [3.05, 3.63) is 72.6 Å². The van der Waals surface area contributed by atoms with Crippen molar-refractivity contribution >= 4 is 45.9 Å². The molecule has 0 unspecified atom stereocenters. The SMILES string of the molecule is CC(C)c1cc(-c2ncn(-c3ccc(OC(F)(F)F)cc3)n2)ccc1NC(=O)/N=C1\SCC(=O)N1c1cc(N(C)C)ccc1OCCC(F)(F)F. The number of halogens is 6. The van der Waals surface area contributed by atoms with E-state index in [9.17, 15) is 35.9 Å². The second kappa shape index (κ2) is 14.9. The van der Waals surface area contributed by atoms with Gasteiger partial charge in [0.15, 0.2) is 11.0 Å². The zero-order chi connectivity index (χ0) is 37.1. The highest BCUT2D eigenvalue weighted by Crippen LogP contribution is 2.38. The molecule has 4 aromatic rings. The van der Waals surface area contributed by atoms with Gasteiger partial charge in [0.25, 0.3) is 0 Å². The lowest BCUT2D eigenvalue weighted by molar-refractivity contribution is -0.274. The van der Waals surface area contributed by atoms with E-state index < -0.39 is 37.5 Å². The van der Waals surface area contributed by atoms with Gasteiger partial charge in [0.1, 0.15) is 17.8 Å². The molecule has 2 heterocycles. The largest absolute Gasteiger partial charge is 0.573 e. The van der Waals surface area contributed by atoms with Crippen LogP contribution in [0.2, 0.25) is 0 Å². The third-order valence-electron chi connectivity index (χ3n) is 7.31. The number of anilines is 3. The molecule has 1 N–H and O–H groups in total. The molecule has 1 aliphatic heterocycles. The van der Waals surface area contributed by atoms with Crippen molar-refractivity contribution in [3.8, 4) is 28.6 Å². The molecule has 51 heavy (non-hydrogen) atoms. The summed E-state index contributed by atoms with van der Waals surface area (Å²) in [5, 5.41) is 7.21. The summed E-state index contributed by atoms with van der Waals surface area (Å²) in [6.45, 7) is 3.14. The fourth-order valence-electron chi connectivity index (χ4n) is 4.88. The Hall–Kier alpha value is -5.26. The molecule has 1 aromatic heterocycles. The Balaban J connectivity index is 1.36. The molecule has 3 amide bonds. The minimum Gasteiger partial charge on any atom is -0.491 e. The Labute approximate surface area is 292 Å². The molecule has 1 fully saturated rings. The Morgan fingerprint density at radius 3 is 2.41 bits per heavy atom. The van der Waals surface area contributed by atoms with Gasteiger partial charge in [-0.3, -0.25) is 9.69 Å². The Kier molecular flexibility index (Phi) is 10.8. The van der Waals surface area contributed by atoms with E-state index in [0.29, 0.717) is 34.0 Å². The lowest BCUT2D eigenvalue weighted by Gasteiger charge is -2.23. The molecule has 0 radical (unpaired) electrons. The van der Waals surface area contributed by atoms with Crippen molar-refractivity contribution in [2.45, 2.75) is 38.7 Å². The summed E-state index contributed by atoms with van der Waals surface area (Å²) in [5.74, 6) is -0.630. The van der Waals surface area contributed by atoms with Gasteiger partial charge in [-0.15, -0.1) is 18.3 Å². The molecule has 270 valence electrons. The topological polar surface area (TPSA) is 114 Å². The van der Waals surface area contributed by atoms with E-state index in [1.165, 1.54) is 29.2 Å². The van der Waals surface area contributed by atoms with E-state index in [0.717, 1.165) is 28.8 Å². The first kappa shape index (κ1) is 37.0. The minimum absolute atomic E-state index is 0.0181. The maximum atomic E-state index is 13.3. The van der Waals surface area contributed by atoms with Crippen LogP contribution in [0.4, 0.5) is 48.2 Å². The minimum atomic E-state index is -4.81. The summed E-state index contributed by atoms with van der Waals surface area (Å²) in [7, 11) is 3.51. The number of urea groups is 1. The summed E-state index contributed by atoms with van der Waals surface area (Å²) in [5.41, 5.74) is 2.96. The fourth-order valence-corrected chi connectivity index (χ4v) is 5.74. The summed E-state index contributed by atoms with van der Waals surface area (Å²) < 4.78 is 86.7. The van der Waals surface area contributed by atoms with Crippen molar-refractivity contribution in [2.24, 2.45) is 4.99 Å². The average Bonchev–Trinajstić information content (AvgIpc) is 3.67. The van der Waals surface area contributed by atoms with E-state index in [-0.39, 0.29) is 34.0 Å². The number of nitrogens with zero attached hydrogens (tertiary/aromatic N) is 6. The Morgan fingerprint density at radius 2 is 1.76 bits per heavy atom. The lowest BCUT2D eigenvalue weighted by Crippen LogP contribution is -2.31. The van der Waals surface area contributed by atoms with Gasteiger partial charge in [-0.1, -0.05) is 25.6 Å². The molecule has 18 heteroatoms. The number of carbonyl (C=O) groups is 2. The van der Waals surface area contributed by atoms with Crippen molar-refractivity contribution in [3.63, 3.8) is 0 Å². The van der Waals surface area contributed by atoms with Crippen molar-refractivity contribution in [1.29, 1.82) is 0 Å². The number of hydrogen-bond acceptors (Lipinski definition) is 8. The third-order valence-corrected chi connectivity index (χ3v) is 8.23. The summed E-state index contributed by atoms with van der Waals surface area (Å²) in [6.07, 6.45) is -9.04. The van der Waals surface area contributed by atoms with Crippen LogP contribution < -0.4 is 24.6 Å². The van der Waals surface area contributed by atoms with E-state index in [1.54, 1.807) is 49.3 Å². The van der Waals surface area contributed by atoms with Crippen LogP contribution in [0.3, 0.4) is 0 Å². The highest BCUT2D eigenvalue weighted by atomic mass is 32.2. The number of aromatic nitrogens is 3. The Bertz CT molecular complexity index is 1930. The van der Waals surface area contributed by atoms with Crippen LogP contribution in [0.5, 0.6) is 11.5 Å². The molecule has 0 aliphatic carbocycles. The maximum absolute atomic E-state index is 13.3. The van der Waals surface area contributed by atoms with Crippen LogP contribution >= 0.6 is 11.8 Å². The van der Waals surface area contributed by atoms with Crippen LogP contribution in [0.1, 0.15) is 31.7 Å². The van der Waals surface area contributed by atoms with Gasteiger partial charge in [0.05, 0.1) is 30.2 Å². The average molecular weight is 736 g/mol. The zero-order valence-corrected chi connectivity index (χ0v) is 28.4. The standard InChI is InChI=1S/C33H31F6N7O4S/c1-19(2)24-15-20(29-40-18-45(43-29)21-6-9-23(10-7-21)50-33(37,38)39)5-11-25(24)41-30(48)42-31-46(28(47)17-51-31)26-16-22(44(3)4)8-12-27(26)49-14-13-32(34,35)36/h5-12,15-16,18-19H,13-14,17H2,1-4H3,(H,41,48)/b42-31-. The summed E-state index contributed by atoms with van der Waals surface area (Å²) >= 11 is 0.998. The quantitative estimate of drug-likeness (QED) is 0.163. The second-order valence-electron chi connectivity index (χ2n) is 11.6. The van der Waals surface area contributed by atoms with Gasteiger partial charge in [0.2, 0.25) is 5.91 Å². The van der Waals surface area contributed by atoms with E-state index >= 15 is 0 Å². The van der Waals surface area contributed by atoms with Gasteiger partial charge in [0, 0.05) is 31.0 Å². The number of rotatable bonds is 10. The number of thioether (sulfide) groups is 1. The molecule has 0 bridgehead atoms. The Morgan fingerprint density at radius 1 is 1.04 bits per heavy atom. The first-order valence-electron chi connectivity index (χ1n) is 15.3. The molecule has 0 atom stereocenters. The van der Waals surface area contributed by atoms with Crippen LogP contribution in [0, 0.1) is 0 Å². The van der Waals surface area contributed by atoms with Gasteiger partial charge >= 0.3 is 18.6 Å². The molecule has 0 saturated carbocycles. The van der Waals surface area contributed by atoms with E-state index in [2.05, 4.69) is 25.1 Å². The molecule has 3 aromatic carbocycles. The normalized spacial score (nSPS) is 14.4. The van der Waals surface area contributed by atoms with Crippen molar-refractivity contribution in [1.82, 2.24) is 14.8 Å². The summed E-state index contributed by atoms with van der Waals surface area (Å²) in [6, 6.07) is 14.1. The highest BCUT2D eigenvalue weighted by Gasteiger charge is 2.34. The van der Waals surface area contributed by atoms with Crippen LogP contribution in [0.15, 0.2) is 72.0 Å². The zero-order valence-electron chi connectivity index (χ0n) is 27.5. The molecular formula is C33H31F6N7O4S. The predicted octanol–water partition coefficient (Wildman–Crippen LogP) is 8.02. The van der Waals surface area contributed by atoms with Crippen LogP contribution in [-0.4, -0.2) is 70.9 Å².